The molecular weight excluding hydrogens is 397 g/mol. The van der Waals surface area contributed by atoms with Gasteiger partial charge in [0.15, 0.2) is 0 Å². The van der Waals surface area contributed by atoms with Crippen LogP contribution < -0.4 is 15.0 Å². The van der Waals surface area contributed by atoms with Crippen molar-refractivity contribution in [2.24, 2.45) is 5.92 Å². The van der Waals surface area contributed by atoms with Crippen LogP contribution in [-0.2, 0) is 15.8 Å². The number of amides is 2. The van der Waals surface area contributed by atoms with Crippen molar-refractivity contribution < 1.29 is 27.5 Å². The predicted molar refractivity (Wildman–Crippen MR) is 98.5 cm³/mol. The summed E-state index contributed by atoms with van der Waals surface area (Å²) in [7, 11) is 1.44. The second kappa shape index (κ2) is 7.71. The van der Waals surface area contributed by atoms with Crippen LogP contribution in [0.3, 0.4) is 0 Å². The largest absolute Gasteiger partial charge is 0.495 e. The van der Waals surface area contributed by atoms with E-state index in [9.17, 15) is 22.8 Å². The fourth-order valence-electron chi connectivity index (χ4n) is 3.06. The molecule has 1 unspecified atom stereocenters. The molecule has 5 nitrogen and oxygen atoms in total. The molecule has 148 valence electrons. The van der Waals surface area contributed by atoms with Crippen molar-refractivity contribution in [2.45, 2.75) is 12.6 Å². The van der Waals surface area contributed by atoms with Gasteiger partial charge < -0.3 is 15.0 Å². The third kappa shape index (κ3) is 4.06. The van der Waals surface area contributed by atoms with Crippen LogP contribution in [0.4, 0.5) is 24.5 Å². The fraction of sp³-hybridized carbons (Fsp3) is 0.263. The minimum absolute atomic E-state index is 0.00948. The molecule has 2 amide bonds. The number of ether oxygens (including phenoxy) is 1. The van der Waals surface area contributed by atoms with Crippen molar-refractivity contribution in [3.05, 3.63) is 53.1 Å². The predicted octanol–water partition coefficient (Wildman–Crippen LogP) is 4.36. The molecule has 2 aromatic carbocycles. The summed E-state index contributed by atoms with van der Waals surface area (Å²) in [6.07, 6.45) is -4.73. The zero-order chi connectivity index (χ0) is 20.5. The van der Waals surface area contributed by atoms with Crippen molar-refractivity contribution in [3.8, 4) is 5.75 Å². The Morgan fingerprint density at radius 3 is 2.64 bits per heavy atom. The number of hydrogen-bond acceptors (Lipinski definition) is 3. The van der Waals surface area contributed by atoms with Gasteiger partial charge >= 0.3 is 6.18 Å². The molecule has 3 rings (SSSR count). The number of carbonyl (C=O) groups is 2. The molecular formula is C19H16ClF3N2O3. The Bertz CT molecular complexity index is 918. The monoisotopic (exact) mass is 412 g/mol. The van der Waals surface area contributed by atoms with E-state index in [-0.39, 0.29) is 24.6 Å². The molecule has 9 heteroatoms. The number of nitrogens with one attached hydrogen (secondary N) is 1. The lowest BCUT2D eigenvalue weighted by molar-refractivity contribution is -0.137. The third-order valence-corrected chi connectivity index (χ3v) is 4.65. The van der Waals surface area contributed by atoms with E-state index in [4.69, 9.17) is 16.3 Å². The Hall–Kier alpha value is -2.74. The maximum Gasteiger partial charge on any atom is 0.418 e. The van der Waals surface area contributed by atoms with Gasteiger partial charge in [-0.25, -0.2) is 0 Å². The van der Waals surface area contributed by atoms with E-state index in [1.165, 1.54) is 36.3 Å². The highest BCUT2D eigenvalue weighted by atomic mass is 35.5. The van der Waals surface area contributed by atoms with E-state index in [0.717, 1.165) is 6.07 Å². The number of methoxy groups -OCH3 is 1. The molecule has 0 aliphatic carbocycles. The molecule has 0 radical (unpaired) electrons. The quantitative estimate of drug-likeness (QED) is 0.811. The molecule has 1 N–H and O–H groups in total. The van der Waals surface area contributed by atoms with Crippen molar-refractivity contribution >= 4 is 34.8 Å². The minimum Gasteiger partial charge on any atom is -0.495 e. The molecule has 0 spiro atoms. The highest BCUT2D eigenvalue weighted by Crippen LogP contribution is 2.37. The van der Waals surface area contributed by atoms with Crippen molar-refractivity contribution in [2.75, 3.05) is 23.9 Å². The normalized spacial score (nSPS) is 17.0. The Labute approximate surface area is 164 Å². The average molecular weight is 413 g/mol. The number of para-hydroxylation sites is 1. The number of benzene rings is 2. The molecule has 1 saturated heterocycles. The highest BCUT2D eigenvalue weighted by Gasteiger charge is 2.38. The van der Waals surface area contributed by atoms with Crippen molar-refractivity contribution in [3.63, 3.8) is 0 Å². The van der Waals surface area contributed by atoms with Gasteiger partial charge in [-0.2, -0.15) is 13.2 Å². The Kier molecular flexibility index (Phi) is 5.51. The fourth-order valence-corrected chi connectivity index (χ4v) is 3.23. The van der Waals surface area contributed by atoms with Gasteiger partial charge in [0, 0.05) is 18.0 Å². The molecule has 0 bridgehead atoms. The average Bonchev–Trinajstić information content (AvgIpc) is 3.03. The summed E-state index contributed by atoms with van der Waals surface area (Å²) in [6.45, 7) is 0.00948. The molecule has 1 fully saturated rings. The van der Waals surface area contributed by atoms with Crippen molar-refractivity contribution in [1.82, 2.24) is 0 Å². The summed E-state index contributed by atoms with van der Waals surface area (Å²) in [6, 6.07) is 9.43. The second-order valence-corrected chi connectivity index (χ2v) is 6.69. The number of carbonyl (C=O) groups excluding carboxylic acids is 2. The lowest BCUT2D eigenvalue weighted by atomic mass is 10.1. The topological polar surface area (TPSA) is 58.6 Å². The number of alkyl halides is 3. The van der Waals surface area contributed by atoms with Gasteiger partial charge in [-0.05, 0) is 30.3 Å². The molecule has 28 heavy (non-hydrogen) atoms. The number of rotatable bonds is 4. The first kappa shape index (κ1) is 20.0. The van der Waals surface area contributed by atoms with Gasteiger partial charge in [0.05, 0.1) is 30.0 Å². The van der Waals surface area contributed by atoms with E-state index in [2.05, 4.69) is 5.32 Å². The van der Waals surface area contributed by atoms with E-state index < -0.39 is 23.6 Å². The summed E-state index contributed by atoms with van der Waals surface area (Å²) in [5, 5.41) is 2.68. The minimum atomic E-state index is -4.60. The Morgan fingerprint density at radius 2 is 1.96 bits per heavy atom. The van der Waals surface area contributed by atoms with Crippen LogP contribution >= 0.6 is 11.6 Å². The van der Waals surface area contributed by atoms with Gasteiger partial charge in [-0.15, -0.1) is 0 Å². The van der Waals surface area contributed by atoms with Crippen LogP contribution in [0.2, 0.25) is 5.02 Å². The van der Waals surface area contributed by atoms with Crippen LogP contribution in [-0.4, -0.2) is 25.5 Å². The zero-order valence-corrected chi connectivity index (χ0v) is 15.5. The molecule has 1 aliphatic rings. The van der Waals surface area contributed by atoms with E-state index >= 15 is 0 Å². The number of halogens is 4. The summed E-state index contributed by atoms with van der Waals surface area (Å²) in [5.41, 5.74) is -0.877. The second-order valence-electron chi connectivity index (χ2n) is 6.25. The summed E-state index contributed by atoms with van der Waals surface area (Å²) in [4.78, 5) is 26.3. The zero-order valence-electron chi connectivity index (χ0n) is 14.7. The first-order valence-electron chi connectivity index (χ1n) is 8.31. The highest BCUT2D eigenvalue weighted by molar-refractivity contribution is 6.31. The standard InChI is InChI=1S/C19H16ClF3N2O3/c1-28-16-7-6-12(20)9-15(16)25-10-11(8-17(25)26)18(27)24-14-5-3-2-4-13(14)19(21,22)23/h2-7,9,11H,8,10H2,1H3,(H,24,27). The Balaban J connectivity index is 1.80. The summed E-state index contributed by atoms with van der Waals surface area (Å²) < 4.78 is 44.5. The van der Waals surface area contributed by atoms with Crippen LogP contribution in [0.1, 0.15) is 12.0 Å². The van der Waals surface area contributed by atoms with Gasteiger partial charge in [-0.1, -0.05) is 23.7 Å². The van der Waals surface area contributed by atoms with Gasteiger partial charge in [0.25, 0.3) is 0 Å². The maximum atomic E-state index is 13.1. The van der Waals surface area contributed by atoms with Crippen LogP contribution in [0, 0.1) is 5.92 Å². The van der Waals surface area contributed by atoms with Crippen LogP contribution in [0.5, 0.6) is 5.75 Å². The van der Waals surface area contributed by atoms with E-state index in [1.807, 2.05) is 0 Å². The molecule has 1 aliphatic heterocycles. The van der Waals surface area contributed by atoms with Gasteiger partial charge in [0.1, 0.15) is 5.75 Å². The molecule has 0 aromatic heterocycles. The van der Waals surface area contributed by atoms with Gasteiger partial charge in [0.2, 0.25) is 11.8 Å². The number of hydrogen-bond donors (Lipinski definition) is 1. The first-order chi connectivity index (χ1) is 13.2. The number of anilines is 2. The molecule has 0 saturated carbocycles. The lowest BCUT2D eigenvalue weighted by Crippen LogP contribution is -2.29. The summed E-state index contributed by atoms with van der Waals surface area (Å²) >= 11 is 5.99. The Morgan fingerprint density at radius 1 is 1.25 bits per heavy atom. The lowest BCUT2D eigenvalue weighted by Gasteiger charge is -2.20. The first-order valence-corrected chi connectivity index (χ1v) is 8.69. The van der Waals surface area contributed by atoms with Gasteiger partial charge in [-0.3, -0.25) is 9.59 Å². The summed E-state index contributed by atoms with van der Waals surface area (Å²) in [5.74, 6) is -1.41. The van der Waals surface area contributed by atoms with E-state index in [1.54, 1.807) is 12.1 Å². The molecule has 2 aromatic rings. The SMILES string of the molecule is COc1ccc(Cl)cc1N1CC(C(=O)Nc2ccccc2C(F)(F)F)CC1=O. The molecule has 1 heterocycles. The van der Waals surface area contributed by atoms with E-state index in [0.29, 0.717) is 16.5 Å². The third-order valence-electron chi connectivity index (χ3n) is 4.42. The maximum absolute atomic E-state index is 13.1. The van der Waals surface area contributed by atoms with Crippen molar-refractivity contribution in [1.29, 1.82) is 0 Å². The molecule has 1 atom stereocenters. The van der Waals surface area contributed by atoms with Crippen LogP contribution in [0.15, 0.2) is 42.5 Å². The number of nitrogens with zero attached hydrogens (tertiary/aromatic N) is 1. The van der Waals surface area contributed by atoms with Crippen LogP contribution in [0.25, 0.3) is 0 Å². The smallest absolute Gasteiger partial charge is 0.418 e.